The molecule has 2 aromatic rings. The minimum Gasteiger partial charge on any atom is -0.481 e. The highest BCUT2D eigenvalue weighted by molar-refractivity contribution is 5.88. The molecule has 1 saturated heterocycles. The molecule has 24 heavy (non-hydrogen) atoms. The molecule has 1 aliphatic rings. The first-order valence-corrected chi connectivity index (χ1v) is 8.49. The third-order valence-corrected chi connectivity index (χ3v) is 4.79. The van der Waals surface area contributed by atoms with Gasteiger partial charge in [-0.25, -0.2) is 0 Å². The van der Waals surface area contributed by atoms with Crippen molar-refractivity contribution in [3.8, 4) is 0 Å². The van der Waals surface area contributed by atoms with Crippen molar-refractivity contribution < 1.29 is 19.1 Å². The minimum absolute atomic E-state index is 0.0956. The highest BCUT2D eigenvalue weighted by Gasteiger charge is 2.24. The third kappa shape index (κ3) is 3.78. The van der Waals surface area contributed by atoms with Gasteiger partial charge in [-0.3, -0.25) is 9.59 Å². The molecule has 1 fully saturated rings. The van der Waals surface area contributed by atoms with Gasteiger partial charge in [0.1, 0.15) is 5.58 Å². The van der Waals surface area contributed by atoms with E-state index in [2.05, 4.69) is 0 Å². The van der Waals surface area contributed by atoms with E-state index in [1.54, 1.807) is 6.26 Å². The predicted molar refractivity (Wildman–Crippen MR) is 90.8 cm³/mol. The van der Waals surface area contributed by atoms with Crippen LogP contribution in [0, 0.1) is 12.8 Å². The highest BCUT2D eigenvalue weighted by Crippen LogP contribution is 2.25. The van der Waals surface area contributed by atoms with Crippen LogP contribution < -0.4 is 0 Å². The van der Waals surface area contributed by atoms with E-state index in [9.17, 15) is 9.59 Å². The lowest BCUT2D eigenvalue weighted by atomic mass is 9.93. The van der Waals surface area contributed by atoms with Crippen LogP contribution >= 0.6 is 0 Å². The van der Waals surface area contributed by atoms with E-state index in [0.717, 1.165) is 41.5 Å². The highest BCUT2D eigenvalue weighted by atomic mass is 16.4. The summed E-state index contributed by atoms with van der Waals surface area (Å²) >= 11 is 0. The van der Waals surface area contributed by atoms with E-state index in [4.69, 9.17) is 9.52 Å². The van der Waals surface area contributed by atoms with Gasteiger partial charge in [-0.05, 0) is 43.7 Å². The molecule has 5 heteroatoms. The monoisotopic (exact) mass is 329 g/mol. The number of hydrogen-bond donors (Lipinski definition) is 1. The average molecular weight is 329 g/mol. The van der Waals surface area contributed by atoms with Gasteiger partial charge in [0.05, 0.1) is 12.7 Å². The van der Waals surface area contributed by atoms with Gasteiger partial charge in [0, 0.05) is 30.5 Å². The lowest BCUT2D eigenvalue weighted by molar-refractivity contribution is -0.137. The molecule has 0 aliphatic carbocycles. The van der Waals surface area contributed by atoms with Crippen molar-refractivity contribution in [1.29, 1.82) is 0 Å². The number of carboxylic acids is 1. The summed E-state index contributed by atoms with van der Waals surface area (Å²) in [4.78, 5) is 25.2. The SMILES string of the molecule is Cc1ccc2c(CC(=O)N3CCCC(CCC(=O)O)C3)coc2c1. The summed E-state index contributed by atoms with van der Waals surface area (Å²) in [6.07, 6.45) is 4.79. The van der Waals surface area contributed by atoms with Crippen LogP contribution in [0.25, 0.3) is 11.0 Å². The maximum atomic E-state index is 12.6. The smallest absolute Gasteiger partial charge is 0.303 e. The van der Waals surface area contributed by atoms with E-state index >= 15 is 0 Å². The normalized spacial score (nSPS) is 18.0. The molecule has 128 valence electrons. The van der Waals surface area contributed by atoms with Gasteiger partial charge in [0.15, 0.2) is 0 Å². The van der Waals surface area contributed by atoms with Crippen molar-refractivity contribution in [2.75, 3.05) is 13.1 Å². The summed E-state index contributed by atoms with van der Waals surface area (Å²) < 4.78 is 5.57. The zero-order valence-corrected chi connectivity index (χ0v) is 14.0. The molecule has 1 N–H and O–H groups in total. The molecular weight excluding hydrogens is 306 g/mol. The van der Waals surface area contributed by atoms with Crippen molar-refractivity contribution >= 4 is 22.8 Å². The van der Waals surface area contributed by atoms with Gasteiger partial charge in [-0.15, -0.1) is 0 Å². The van der Waals surface area contributed by atoms with Gasteiger partial charge in [-0.2, -0.15) is 0 Å². The molecule has 0 radical (unpaired) electrons. The maximum Gasteiger partial charge on any atom is 0.303 e. The molecule has 3 rings (SSSR count). The Bertz CT molecular complexity index is 749. The summed E-state index contributed by atoms with van der Waals surface area (Å²) in [6.45, 7) is 3.44. The lowest BCUT2D eigenvalue weighted by Gasteiger charge is -2.32. The summed E-state index contributed by atoms with van der Waals surface area (Å²) in [7, 11) is 0. The first-order valence-electron chi connectivity index (χ1n) is 8.49. The number of benzene rings is 1. The molecule has 0 saturated carbocycles. The number of carboxylic acid groups (broad SMARTS) is 1. The van der Waals surface area contributed by atoms with Gasteiger partial charge in [0.25, 0.3) is 0 Å². The Morgan fingerprint density at radius 1 is 1.38 bits per heavy atom. The van der Waals surface area contributed by atoms with Crippen molar-refractivity contribution in [3.05, 3.63) is 35.6 Å². The van der Waals surface area contributed by atoms with E-state index in [0.29, 0.717) is 25.3 Å². The molecule has 1 unspecified atom stereocenters. The van der Waals surface area contributed by atoms with Crippen LogP contribution in [0.2, 0.25) is 0 Å². The maximum absolute atomic E-state index is 12.6. The van der Waals surface area contributed by atoms with Crippen molar-refractivity contribution in [2.24, 2.45) is 5.92 Å². The summed E-state index contributed by atoms with van der Waals surface area (Å²) in [6, 6.07) is 6.00. The molecule has 1 aliphatic heterocycles. The second-order valence-electron chi connectivity index (χ2n) is 6.72. The van der Waals surface area contributed by atoms with Crippen LogP contribution in [0.5, 0.6) is 0 Å². The topological polar surface area (TPSA) is 70.8 Å². The van der Waals surface area contributed by atoms with Gasteiger partial charge in [0.2, 0.25) is 5.91 Å². The molecule has 1 aromatic heterocycles. The Morgan fingerprint density at radius 3 is 3.00 bits per heavy atom. The van der Waals surface area contributed by atoms with Gasteiger partial charge < -0.3 is 14.4 Å². The van der Waals surface area contributed by atoms with Crippen LogP contribution in [-0.2, 0) is 16.0 Å². The molecule has 0 bridgehead atoms. The van der Waals surface area contributed by atoms with Crippen LogP contribution in [-0.4, -0.2) is 35.0 Å². The average Bonchev–Trinajstić information content (AvgIpc) is 2.95. The number of hydrogen-bond acceptors (Lipinski definition) is 3. The Kier molecular flexibility index (Phi) is 4.88. The van der Waals surface area contributed by atoms with Crippen LogP contribution in [0.1, 0.15) is 36.8 Å². The Hall–Kier alpha value is -2.30. The van der Waals surface area contributed by atoms with Crippen molar-refractivity contribution in [1.82, 2.24) is 4.90 Å². The molecule has 1 amide bonds. The Morgan fingerprint density at radius 2 is 2.21 bits per heavy atom. The number of carbonyl (C=O) groups is 2. The fraction of sp³-hybridized carbons (Fsp3) is 0.474. The number of aliphatic carboxylic acids is 1. The lowest BCUT2D eigenvalue weighted by Crippen LogP contribution is -2.40. The Labute approximate surface area is 141 Å². The van der Waals surface area contributed by atoms with E-state index in [1.807, 2.05) is 30.0 Å². The number of fused-ring (bicyclic) bond motifs is 1. The number of furan rings is 1. The number of carbonyl (C=O) groups excluding carboxylic acids is 1. The van der Waals surface area contributed by atoms with Crippen LogP contribution in [0.15, 0.2) is 28.9 Å². The van der Waals surface area contributed by atoms with Gasteiger partial charge >= 0.3 is 5.97 Å². The number of piperidine rings is 1. The quantitative estimate of drug-likeness (QED) is 0.913. The second kappa shape index (κ2) is 7.07. The number of amides is 1. The van der Waals surface area contributed by atoms with Crippen molar-refractivity contribution in [2.45, 2.75) is 39.0 Å². The van der Waals surface area contributed by atoms with Crippen LogP contribution in [0.4, 0.5) is 0 Å². The van der Waals surface area contributed by atoms with Crippen molar-refractivity contribution in [3.63, 3.8) is 0 Å². The van der Waals surface area contributed by atoms with E-state index < -0.39 is 5.97 Å². The van der Waals surface area contributed by atoms with E-state index in [-0.39, 0.29) is 12.3 Å². The molecule has 2 heterocycles. The first kappa shape index (κ1) is 16.6. The Balaban J connectivity index is 1.64. The van der Waals surface area contributed by atoms with Gasteiger partial charge in [-0.1, -0.05) is 12.1 Å². The fourth-order valence-corrected chi connectivity index (χ4v) is 3.46. The second-order valence-corrected chi connectivity index (χ2v) is 6.72. The molecule has 0 spiro atoms. The molecule has 1 atom stereocenters. The molecular formula is C19H23NO4. The summed E-state index contributed by atoms with van der Waals surface area (Å²) in [5.74, 6) is -0.376. The zero-order valence-electron chi connectivity index (χ0n) is 14.0. The number of aryl methyl sites for hydroxylation is 1. The zero-order chi connectivity index (χ0) is 17.1. The largest absolute Gasteiger partial charge is 0.481 e. The molecule has 1 aromatic carbocycles. The number of likely N-dealkylation sites (tertiary alicyclic amines) is 1. The summed E-state index contributed by atoms with van der Waals surface area (Å²) in [5, 5.41) is 9.81. The fourth-order valence-electron chi connectivity index (χ4n) is 3.46. The van der Waals surface area contributed by atoms with Crippen LogP contribution in [0.3, 0.4) is 0 Å². The standard InChI is InChI=1S/C19H23NO4/c1-13-4-6-16-15(12-24-17(16)9-13)10-18(21)20-8-2-3-14(11-20)5-7-19(22)23/h4,6,9,12,14H,2-3,5,7-8,10-11H2,1H3,(H,22,23). The van der Waals surface area contributed by atoms with E-state index in [1.165, 1.54) is 0 Å². The first-order chi connectivity index (χ1) is 11.5. The molecule has 5 nitrogen and oxygen atoms in total. The third-order valence-electron chi connectivity index (χ3n) is 4.79. The summed E-state index contributed by atoms with van der Waals surface area (Å²) in [5.41, 5.74) is 2.87. The minimum atomic E-state index is -0.765. The number of nitrogens with zero attached hydrogens (tertiary/aromatic N) is 1. The number of rotatable bonds is 5. The predicted octanol–water partition coefficient (Wildman–Crippen LogP) is 3.39.